The molecule has 0 saturated carbocycles. The van der Waals surface area contributed by atoms with E-state index in [0.29, 0.717) is 23.3 Å². The van der Waals surface area contributed by atoms with Crippen LogP contribution < -0.4 is 4.74 Å². The highest BCUT2D eigenvalue weighted by molar-refractivity contribution is 5.84. The van der Waals surface area contributed by atoms with Crippen molar-refractivity contribution in [2.45, 2.75) is 0 Å². The minimum absolute atomic E-state index is 0.256. The molecule has 0 aliphatic heterocycles. The number of carbonyl (C=O) groups excluding carboxylic acids is 1. The predicted molar refractivity (Wildman–Crippen MR) is 53.9 cm³/mol. The Morgan fingerprint density at radius 1 is 1.47 bits per heavy atom. The van der Waals surface area contributed by atoms with Crippen LogP contribution in [0.15, 0.2) is 35.1 Å². The van der Waals surface area contributed by atoms with Crippen molar-refractivity contribution in [1.29, 1.82) is 0 Å². The fourth-order valence-corrected chi connectivity index (χ4v) is 1.37. The van der Waals surface area contributed by atoms with E-state index in [1.54, 1.807) is 31.5 Å². The summed E-state index contributed by atoms with van der Waals surface area (Å²) in [6.45, 7) is 0. The summed E-state index contributed by atoms with van der Waals surface area (Å²) < 4.78 is 10.2. The number of aldehydes is 1. The van der Waals surface area contributed by atoms with Crippen LogP contribution in [-0.4, -0.2) is 18.4 Å². The fourth-order valence-electron chi connectivity index (χ4n) is 1.37. The van der Waals surface area contributed by atoms with Crippen LogP contribution >= 0.6 is 0 Å². The summed E-state index contributed by atoms with van der Waals surface area (Å²) in [7, 11) is 1.56. The molecule has 0 radical (unpaired) electrons. The number of methoxy groups -OCH3 is 1. The van der Waals surface area contributed by atoms with Gasteiger partial charge in [-0.2, -0.15) is 0 Å². The Hall–Kier alpha value is -2.10. The monoisotopic (exact) mass is 203 g/mol. The molecule has 0 bridgehead atoms. The van der Waals surface area contributed by atoms with Crippen molar-refractivity contribution in [3.63, 3.8) is 0 Å². The molecule has 2 heterocycles. The third-order valence-corrected chi connectivity index (χ3v) is 2.05. The van der Waals surface area contributed by atoms with Gasteiger partial charge in [0, 0.05) is 6.20 Å². The lowest BCUT2D eigenvalue weighted by Gasteiger charge is -2.04. The zero-order valence-electron chi connectivity index (χ0n) is 8.14. The van der Waals surface area contributed by atoms with Gasteiger partial charge in [-0.1, -0.05) is 0 Å². The molecule has 76 valence electrons. The Bertz CT molecular complexity index is 476. The van der Waals surface area contributed by atoms with Crippen LogP contribution in [-0.2, 0) is 0 Å². The Labute approximate surface area is 86.5 Å². The first-order valence-corrected chi connectivity index (χ1v) is 4.39. The van der Waals surface area contributed by atoms with E-state index in [9.17, 15) is 4.79 Å². The van der Waals surface area contributed by atoms with E-state index in [1.165, 1.54) is 6.26 Å². The van der Waals surface area contributed by atoms with Crippen molar-refractivity contribution in [3.05, 3.63) is 36.4 Å². The zero-order valence-corrected chi connectivity index (χ0v) is 8.14. The van der Waals surface area contributed by atoms with E-state index < -0.39 is 0 Å². The summed E-state index contributed by atoms with van der Waals surface area (Å²) in [5, 5.41) is 0. The van der Waals surface area contributed by atoms with E-state index in [1.807, 2.05) is 0 Å². The highest BCUT2D eigenvalue weighted by Crippen LogP contribution is 2.29. The minimum atomic E-state index is 0.256. The number of rotatable bonds is 3. The first kappa shape index (κ1) is 9.45. The second-order valence-corrected chi connectivity index (χ2v) is 2.87. The van der Waals surface area contributed by atoms with E-state index in [4.69, 9.17) is 9.15 Å². The Morgan fingerprint density at radius 3 is 3.07 bits per heavy atom. The first-order valence-electron chi connectivity index (χ1n) is 4.39. The molecule has 0 unspecified atom stereocenters. The molecule has 4 heteroatoms. The van der Waals surface area contributed by atoms with E-state index in [-0.39, 0.29) is 5.76 Å². The van der Waals surface area contributed by atoms with Crippen molar-refractivity contribution in [2.24, 2.45) is 0 Å². The molecule has 0 aromatic carbocycles. The Morgan fingerprint density at radius 2 is 2.33 bits per heavy atom. The molecule has 0 fully saturated rings. The van der Waals surface area contributed by atoms with Gasteiger partial charge in [0.25, 0.3) is 0 Å². The highest BCUT2D eigenvalue weighted by Gasteiger charge is 2.13. The summed E-state index contributed by atoms with van der Waals surface area (Å²) in [4.78, 5) is 14.9. The van der Waals surface area contributed by atoms with Gasteiger partial charge >= 0.3 is 0 Å². The highest BCUT2D eigenvalue weighted by atomic mass is 16.5. The van der Waals surface area contributed by atoms with Gasteiger partial charge in [-0.15, -0.1) is 0 Å². The fraction of sp³-hybridized carbons (Fsp3) is 0.0909. The smallest absolute Gasteiger partial charge is 0.186 e. The second kappa shape index (κ2) is 3.96. The van der Waals surface area contributed by atoms with Crippen molar-refractivity contribution >= 4 is 6.29 Å². The van der Waals surface area contributed by atoms with Gasteiger partial charge in [0.15, 0.2) is 12.0 Å². The molecule has 0 aliphatic carbocycles. The first-order chi connectivity index (χ1) is 7.36. The topological polar surface area (TPSA) is 52.3 Å². The summed E-state index contributed by atoms with van der Waals surface area (Å²) >= 11 is 0. The van der Waals surface area contributed by atoms with Gasteiger partial charge < -0.3 is 9.15 Å². The normalized spacial score (nSPS) is 9.93. The number of pyridine rings is 1. The molecule has 0 aliphatic rings. The molecule has 4 nitrogen and oxygen atoms in total. The number of furan rings is 1. The van der Waals surface area contributed by atoms with Crippen molar-refractivity contribution in [3.8, 4) is 17.0 Å². The van der Waals surface area contributed by atoms with Crippen LogP contribution in [0.1, 0.15) is 10.6 Å². The third-order valence-electron chi connectivity index (χ3n) is 2.05. The van der Waals surface area contributed by atoms with Gasteiger partial charge in [0.1, 0.15) is 11.4 Å². The standard InChI is InChI=1S/C11H9NO3/c1-14-9-3-2-5-12-11(9)8-4-6-15-10(8)7-13/h2-7H,1H3. The summed E-state index contributed by atoms with van der Waals surface area (Å²) in [5.74, 6) is 0.869. The van der Waals surface area contributed by atoms with E-state index >= 15 is 0 Å². The minimum Gasteiger partial charge on any atom is -0.494 e. The second-order valence-electron chi connectivity index (χ2n) is 2.87. The van der Waals surface area contributed by atoms with Crippen molar-refractivity contribution < 1.29 is 13.9 Å². The molecule has 0 amide bonds. The average Bonchev–Trinajstić information content (AvgIpc) is 2.76. The molecule has 2 aromatic rings. The number of aromatic nitrogens is 1. The number of hydrogen-bond donors (Lipinski definition) is 0. The molecule has 0 N–H and O–H groups in total. The van der Waals surface area contributed by atoms with Gasteiger partial charge in [0.2, 0.25) is 0 Å². The van der Waals surface area contributed by atoms with Crippen LogP contribution in [0.2, 0.25) is 0 Å². The molecule has 2 rings (SSSR count). The summed E-state index contributed by atoms with van der Waals surface area (Å²) in [5.41, 5.74) is 1.25. The van der Waals surface area contributed by atoms with Crippen LogP contribution in [0.3, 0.4) is 0 Å². The molecule has 15 heavy (non-hydrogen) atoms. The van der Waals surface area contributed by atoms with Crippen LogP contribution in [0.5, 0.6) is 5.75 Å². The Kier molecular flexibility index (Phi) is 2.49. The van der Waals surface area contributed by atoms with Crippen LogP contribution in [0.25, 0.3) is 11.3 Å². The summed E-state index contributed by atoms with van der Waals surface area (Å²) in [6.07, 6.45) is 3.75. The van der Waals surface area contributed by atoms with Gasteiger partial charge in [0.05, 0.1) is 18.9 Å². The Balaban J connectivity index is 2.58. The maximum Gasteiger partial charge on any atom is 0.186 e. The molecule has 0 atom stereocenters. The molecule has 0 saturated heterocycles. The SMILES string of the molecule is COc1cccnc1-c1ccoc1C=O. The maximum atomic E-state index is 10.7. The quantitative estimate of drug-likeness (QED) is 0.717. The largest absolute Gasteiger partial charge is 0.494 e. The molecular formula is C11H9NO3. The third kappa shape index (κ3) is 1.61. The lowest BCUT2D eigenvalue weighted by atomic mass is 10.1. The molecular weight excluding hydrogens is 194 g/mol. The van der Waals surface area contributed by atoms with Crippen LogP contribution in [0, 0.1) is 0 Å². The number of nitrogens with zero attached hydrogens (tertiary/aromatic N) is 1. The van der Waals surface area contributed by atoms with Crippen molar-refractivity contribution in [2.75, 3.05) is 7.11 Å². The lowest BCUT2D eigenvalue weighted by Crippen LogP contribution is -1.91. The van der Waals surface area contributed by atoms with Gasteiger partial charge in [-0.05, 0) is 18.2 Å². The van der Waals surface area contributed by atoms with Gasteiger partial charge in [-0.25, -0.2) is 0 Å². The van der Waals surface area contributed by atoms with E-state index in [2.05, 4.69) is 4.98 Å². The lowest BCUT2D eigenvalue weighted by molar-refractivity contribution is 0.110. The average molecular weight is 203 g/mol. The van der Waals surface area contributed by atoms with E-state index in [0.717, 1.165) is 0 Å². The number of ether oxygens (including phenoxy) is 1. The molecule has 0 spiro atoms. The van der Waals surface area contributed by atoms with Crippen molar-refractivity contribution in [1.82, 2.24) is 4.98 Å². The van der Waals surface area contributed by atoms with Gasteiger partial charge in [-0.3, -0.25) is 9.78 Å². The zero-order chi connectivity index (χ0) is 10.7. The number of carbonyl (C=O) groups is 1. The summed E-state index contributed by atoms with van der Waals surface area (Å²) in [6, 6.07) is 5.24. The predicted octanol–water partition coefficient (Wildman–Crippen LogP) is 2.16. The van der Waals surface area contributed by atoms with Crippen LogP contribution in [0.4, 0.5) is 0 Å². The number of hydrogen-bond acceptors (Lipinski definition) is 4. The molecule has 2 aromatic heterocycles. The maximum absolute atomic E-state index is 10.7.